The molecule has 1 aliphatic carbocycles. The zero-order valence-electron chi connectivity index (χ0n) is 13.3. The lowest BCUT2D eigenvalue weighted by Crippen LogP contribution is -2.29. The molecule has 2 heterocycles. The van der Waals surface area contributed by atoms with Crippen LogP contribution in [0, 0.1) is 5.92 Å². The van der Waals surface area contributed by atoms with Crippen molar-refractivity contribution < 1.29 is 14.3 Å². The minimum Gasteiger partial charge on any atom is -0.461 e. The topological polar surface area (TPSA) is 80.3 Å². The average molecular weight is 315 g/mol. The first-order chi connectivity index (χ1) is 11.1. The van der Waals surface area contributed by atoms with E-state index in [4.69, 9.17) is 4.42 Å². The number of aromatic nitrogens is 2. The van der Waals surface area contributed by atoms with E-state index >= 15 is 0 Å². The number of nitrogens with one attached hydrogen (secondary N) is 1. The zero-order chi connectivity index (χ0) is 16.4. The Bertz CT molecular complexity index is 716. The Labute approximate surface area is 134 Å². The van der Waals surface area contributed by atoms with Crippen LogP contribution in [0.4, 0.5) is 0 Å². The van der Waals surface area contributed by atoms with Gasteiger partial charge in [-0.2, -0.15) is 5.10 Å². The van der Waals surface area contributed by atoms with Crippen LogP contribution in [0.15, 0.2) is 35.0 Å². The van der Waals surface area contributed by atoms with Gasteiger partial charge in [0.1, 0.15) is 11.5 Å². The van der Waals surface area contributed by atoms with Crippen molar-refractivity contribution in [3.8, 4) is 0 Å². The van der Waals surface area contributed by atoms with Gasteiger partial charge in [0, 0.05) is 30.8 Å². The lowest BCUT2D eigenvalue weighted by Gasteiger charge is -2.12. The second-order valence-corrected chi connectivity index (χ2v) is 6.08. The quantitative estimate of drug-likeness (QED) is 0.799. The standard InChI is InChI=1S/C17H21N3O3/c1-11-7-14(11)16-5-3-13(23-16)4-6-17(22)19-15(10-21)12-8-18-20(2)9-12/h3-6,8-9,11,14-15,21H,7,10H2,1-2H3,(H,19,22). The summed E-state index contributed by atoms with van der Waals surface area (Å²) >= 11 is 0. The molecule has 0 spiro atoms. The summed E-state index contributed by atoms with van der Waals surface area (Å²) in [6, 6.07) is 3.37. The fourth-order valence-corrected chi connectivity index (χ4v) is 2.61. The van der Waals surface area contributed by atoms with E-state index in [1.165, 1.54) is 12.5 Å². The first-order valence-corrected chi connectivity index (χ1v) is 7.74. The third-order valence-electron chi connectivity index (χ3n) is 4.15. The van der Waals surface area contributed by atoms with Gasteiger partial charge in [-0.15, -0.1) is 0 Å². The Kier molecular flexibility index (Phi) is 4.34. The molecule has 3 atom stereocenters. The van der Waals surface area contributed by atoms with E-state index in [1.807, 2.05) is 12.1 Å². The molecule has 1 aliphatic rings. The second-order valence-electron chi connectivity index (χ2n) is 6.08. The number of nitrogens with zero attached hydrogens (tertiary/aromatic N) is 2. The normalized spacial score (nSPS) is 21.5. The minimum absolute atomic E-state index is 0.185. The highest BCUT2D eigenvalue weighted by Gasteiger charge is 2.36. The van der Waals surface area contributed by atoms with E-state index in [9.17, 15) is 9.90 Å². The van der Waals surface area contributed by atoms with Gasteiger partial charge in [0.2, 0.25) is 5.91 Å². The number of hydrogen-bond acceptors (Lipinski definition) is 4. The number of aliphatic hydroxyl groups is 1. The molecular weight excluding hydrogens is 294 g/mol. The van der Waals surface area contributed by atoms with E-state index in [0.717, 1.165) is 11.3 Å². The molecule has 2 aromatic heterocycles. The third kappa shape index (κ3) is 3.71. The SMILES string of the molecule is CC1CC1c1ccc(C=CC(=O)NC(CO)c2cnn(C)c2)o1. The van der Waals surface area contributed by atoms with Crippen LogP contribution in [0.3, 0.4) is 0 Å². The number of aryl methyl sites for hydroxylation is 1. The number of aliphatic hydroxyl groups excluding tert-OH is 1. The predicted octanol–water partition coefficient (Wildman–Crippen LogP) is 2.00. The minimum atomic E-state index is -0.472. The Morgan fingerprint density at radius 2 is 2.39 bits per heavy atom. The molecule has 0 aromatic carbocycles. The molecule has 3 unspecified atom stereocenters. The van der Waals surface area contributed by atoms with Crippen LogP contribution in [0.5, 0.6) is 0 Å². The summed E-state index contributed by atoms with van der Waals surface area (Å²) in [6.07, 6.45) is 7.61. The first kappa shape index (κ1) is 15.6. The molecule has 1 fully saturated rings. The van der Waals surface area contributed by atoms with Gasteiger partial charge in [-0.3, -0.25) is 9.48 Å². The highest BCUT2D eigenvalue weighted by molar-refractivity contribution is 5.91. The van der Waals surface area contributed by atoms with Crippen molar-refractivity contribution in [3.05, 3.63) is 47.7 Å². The van der Waals surface area contributed by atoms with Gasteiger partial charge in [0.15, 0.2) is 0 Å². The summed E-state index contributed by atoms with van der Waals surface area (Å²) in [7, 11) is 1.79. The molecular formula is C17H21N3O3. The van der Waals surface area contributed by atoms with Crippen LogP contribution in [0.25, 0.3) is 6.08 Å². The molecule has 1 amide bonds. The van der Waals surface area contributed by atoms with Crippen LogP contribution >= 0.6 is 0 Å². The maximum atomic E-state index is 12.0. The lowest BCUT2D eigenvalue weighted by molar-refractivity contribution is -0.117. The maximum Gasteiger partial charge on any atom is 0.244 e. The van der Waals surface area contributed by atoms with E-state index in [0.29, 0.717) is 17.6 Å². The highest BCUT2D eigenvalue weighted by atomic mass is 16.3. The highest BCUT2D eigenvalue weighted by Crippen LogP contribution is 2.47. The molecule has 3 rings (SSSR count). The van der Waals surface area contributed by atoms with Gasteiger partial charge in [-0.25, -0.2) is 0 Å². The summed E-state index contributed by atoms with van der Waals surface area (Å²) in [6.45, 7) is 2.01. The molecule has 2 N–H and O–H groups in total. The zero-order valence-corrected chi connectivity index (χ0v) is 13.3. The van der Waals surface area contributed by atoms with Crippen LogP contribution in [-0.2, 0) is 11.8 Å². The summed E-state index contributed by atoms with van der Waals surface area (Å²) in [4.78, 5) is 12.0. The molecule has 0 radical (unpaired) electrons. The summed E-state index contributed by atoms with van der Waals surface area (Å²) < 4.78 is 7.35. The van der Waals surface area contributed by atoms with E-state index in [2.05, 4.69) is 17.3 Å². The Morgan fingerprint density at radius 1 is 1.61 bits per heavy atom. The number of carbonyl (C=O) groups is 1. The van der Waals surface area contributed by atoms with Gasteiger partial charge in [-0.05, 0) is 30.5 Å². The molecule has 2 aromatic rings. The number of hydrogen-bond donors (Lipinski definition) is 2. The third-order valence-corrected chi connectivity index (χ3v) is 4.15. The number of carbonyl (C=O) groups excluding carboxylic acids is 1. The van der Waals surface area contributed by atoms with Crippen LogP contribution in [-0.4, -0.2) is 27.4 Å². The van der Waals surface area contributed by atoms with Gasteiger partial charge in [0.05, 0.1) is 18.8 Å². The van der Waals surface area contributed by atoms with E-state index in [1.54, 1.807) is 30.2 Å². The van der Waals surface area contributed by atoms with Crippen molar-refractivity contribution in [1.82, 2.24) is 15.1 Å². The fraction of sp³-hybridized carbons (Fsp3) is 0.412. The van der Waals surface area contributed by atoms with Gasteiger partial charge < -0.3 is 14.8 Å². The van der Waals surface area contributed by atoms with Crippen LogP contribution in [0.2, 0.25) is 0 Å². The van der Waals surface area contributed by atoms with Crippen molar-refractivity contribution in [1.29, 1.82) is 0 Å². The number of furan rings is 1. The molecule has 6 nitrogen and oxygen atoms in total. The van der Waals surface area contributed by atoms with Gasteiger partial charge >= 0.3 is 0 Å². The van der Waals surface area contributed by atoms with Crippen molar-refractivity contribution >= 4 is 12.0 Å². The van der Waals surface area contributed by atoms with Crippen molar-refractivity contribution in [3.63, 3.8) is 0 Å². The van der Waals surface area contributed by atoms with Crippen molar-refractivity contribution in [2.24, 2.45) is 13.0 Å². The Balaban J connectivity index is 1.58. The van der Waals surface area contributed by atoms with Crippen molar-refractivity contribution in [2.75, 3.05) is 6.61 Å². The van der Waals surface area contributed by atoms with Crippen molar-refractivity contribution in [2.45, 2.75) is 25.3 Å². The second kappa shape index (κ2) is 6.42. The van der Waals surface area contributed by atoms with E-state index < -0.39 is 6.04 Å². The molecule has 0 saturated heterocycles. The molecule has 0 aliphatic heterocycles. The molecule has 1 saturated carbocycles. The predicted molar refractivity (Wildman–Crippen MR) is 85.4 cm³/mol. The van der Waals surface area contributed by atoms with Gasteiger partial charge in [0.25, 0.3) is 0 Å². The molecule has 122 valence electrons. The summed E-state index contributed by atoms with van der Waals surface area (Å²) in [5.74, 6) is 2.57. The molecule has 0 bridgehead atoms. The Morgan fingerprint density at radius 3 is 3.00 bits per heavy atom. The average Bonchev–Trinajstić information content (AvgIpc) is 2.93. The maximum absolute atomic E-state index is 12.0. The number of amides is 1. The van der Waals surface area contributed by atoms with Crippen LogP contribution < -0.4 is 5.32 Å². The monoisotopic (exact) mass is 315 g/mol. The Hall–Kier alpha value is -2.34. The number of rotatable bonds is 6. The summed E-state index contributed by atoms with van der Waals surface area (Å²) in [5, 5.41) is 16.2. The summed E-state index contributed by atoms with van der Waals surface area (Å²) in [5.41, 5.74) is 0.764. The smallest absolute Gasteiger partial charge is 0.244 e. The van der Waals surface area contributed by atoms with Crippen LogP contribution in [0.1, 0.15) is 42.4 Å². The largest absolute Gasteiger partial charge is 0.461 e. The molecule has 6 heteroatoms. The lowest BCUT2D eigenvalue weighted by atomic mass is 10.2. The molecule has 23 heavy (non-hydrogen) atoms. The van der Waals surface area contributed by atoms with E-state index in [-0.39, 0.29) is 12.5 Å². The first-order valence-electron chi connectivity index (χ1n) is 7.74. The van der Waals surface area contributed by atoms with Gasteiger partial charge in [-0.1, -0.05) is 6.92 Å². The fourth-order valence-electron chi connectivity index (χ4n) is 2.61.